The Bertz CT molecular complexity index is 892. The third-order valence-corrected chi connectivity index (χ3v) is 5.24. The van der Waals surface area contributed by atoms with Gasteiger partial charge in [-0.3, -0.25) is 14.5 Å². The Hall–Kier alpha value is -2.44. The second-order valence-corrected chi connectivity index (χ2v) is 7.58. The lowest BCUT2D eigenvalue weighted by atomic mass is 10.1. The van der Waals surface area contributed by atoms with Crippen LogP contribution in [-0.2, 0) is 14.3 Å². The van der Waals surface area contributed by atoms with Crippen LogP contribution < -0.4 is 9.47 Å². The lowest BCUT2D eigenvalue weighted by molar-refractivity contribution is -0.150. The number of imide groups is 1. The molecule has 0 bridgehead atoms. The van der Waals surface area contributed by atoms with Gasteiger partial charge in [0.1, 0.15) is 12.6 Å². The second kappa shape index (κ2) is 10.4. The van der Waals surface area contributed by atoms with Crippen LogP contribution in [0.5, 0.6) is 11.5 Å². The molecule has 0 N–H and O–H groups in total. The van der Waals surface area contributed by atoms with Crippen LogP contribution in [0, 0.1) is 12.3 Å². The first-order valence-electron chi connectivity index (χ1n) is 8.80. The molecule has 0 unspecified atom stereocenters. The summed E-state index contributed by atoms with van der Waals surface area (Å²) in [6.45, 7) is 5.57. The fourth-order valence-corrected chi connectivity index (χ4v) is 4.00. The Morgan fingerprint density at radius 3 is 2.66 bits per heavy atom. The predicted molar refractivity (Wildman–Crippen MR) is 114 cm³/mol. The summed E-state index contributed by atoms with van der Waals surface area (Å²) in [6.07, 6.45) is 6.80. The van der Waals surface area contributed by atoms with E-state index in [9.17, 15) is 14.4 Å². The van der Waals surface area contributed by atoms with Crippen molar-refractivity contribution < 1.29 is 28.6 Å². The number of carbonyl (C=O) groups is 3. The van der Waals surface area contributed by atoms with Gasteiger partial charge in [-0.2, -0.15) is 0 Å². The zero-order chi connectivity index (χ0) is 21.6. The topological polar surface area (TPSA) is 82.1 Å². The lowest BCUT2D eigenvalue weighted by Crippen LogP contribution is -2.42. The van der Waals surface area contributed by atoms with Crippen molar-refractivity contribution in [3.05, 3.63) is 27.1 Å². The molecule has 9 heteroatoms. The smallest absolute Gasteiger partial charge is 0.329 e. The van der Waals surface area contributed by atoms with Crippen molar-refractivity contribution in [1.29, 1.82) is 0 Å². The van der Waals surface area contributed by atoms with Crippen LogP contribution in [0.25, 0.3) is 6.08 Å². The summed E-state index contributed by atoms with van der Waals surface area (Å²) in [4.78, 5) is 38.0. The van der Waals surface area contributed by atoms with Gasteiger partial charge in [-0.05, 0) is 72.2 Å². The summed E-state index contributed by atoms with van der Waals surface area (Å²) < 4.78 is 16.6. The molecule has 7 nitrogen and oxygen atoms in total. The highest BCUT2D eigenvalue weighted by Crippen LogP contribution is 2.39. The third-order valence-electron chi connectivity index (χ3n) is 3.77. The van der Waals surface area contributed by atoms with Gasteiger partial charge in [0.2, 0.25) is 0 Å². The van der Waals surface area contributed by atoms with Gasteiger partial charge in [-0.15, -0.1) is 6.42 Å². The zero-order valence-corrected chi connectivity index (χ0v) is 18.6. The Labute approximate surface area is 181 Å². The van der Waals surface area contributed by atoms with Crippen molar-refractivity contribution in [3.63, 3.8) is 0 Å². The van der Waals surface area contributed by atoms with Crippen molar-refractivity contribution >= 4 is 50.9 Å². The summed E-state index contributed by atoms with van der Waals surface area (Å²) >= 11 is 4.17. The molecule has 154 valence electrons. The van der Waals surface area contributed by atoms with Crippen molar-refractivity contribution in [2.24, 2.45) is 0 Å². The third kappa shape index (κ3) is 5.34. The van der Waals surface area contributed by atoms with Crippen LogP contribution in [-0.4, -0.2) is 47.9 Å². The highest BCUT2D eigenvalue weighted by atomic mass is 79.9. The molecule has 2 amide bonds. The fraction of sp³-hybridized carbons (Fsp3) is 0.350. The van der Waals surface area contributed by atoms with E-state index in [-0.39, 0.29) is 18.1 Å². The van der Waals surface area contributed by atoms with Crippen molar-refractivity contribution in [1.82, 2.24) is 4.90 Å². The Kier molecular flexibility index (Phi) is 8.17. The molecule has 29 heavy (non-hydrogen) atoms. The van der Waals surface area contributed by atoms with Gasteiger partial charge in [0.25, 0.3) is 11.1 Å². The molecule has 1 aliphatic rings. The molecule has 1 fully saturated rings. The van der Waals surface area contributed by atoms with E-state index in [0.717, 1.165) is 16.7 Å². The number of amides is 2. The number of esters is 1. The van der Waals surface area contributed by atoms with Crippen LogP contribution in [0.15, 0.2) is 21.5 Å². The predicted octanol–water partition coefficient (Wildman–Crippen LogP) is 3.85. The first-order chi connectivity index (χ1) is 13.8. The molecule has 1 aromatic rings. The Morgan fingerprint density at radius 2 is 2.03 bits per heavy atom. The molecule has 0 radical (unpaired) electrons. The maximum atomic E-state index is 12.7. The molecule has 1 atom stereocenters. The van der Waals surface area contributed by atoms with Gasteiger partial charge >= 0.3 is 5.97 Å². The minimum absolute atomic E-state index is 0.0721. The van der Waals surface area contributed by atoms with Crippen LogP contribution in [0.4, 0.5) is 4.79 Å². The summed E-state index contributed by atoms with van der Waals surface area (Å²) in [5.74, 6) is 2.10. The number of hydrogen-bond acceptors (Lipinski definition) is 7. The average molecular weight is 482 g/mol. The maximum absolute atomic E-state index is 12.7. The maximum Gasteiger partial charge on any atom is 0.329 e. The van der Waals surface area contributed by atoms with E-state index in [2.05, 4.69) is 21.9 Å². The molecule has 0 aromatic heterocycles. The summed E-state index contributed by atoms with van der Waals surface area (Å²) in [7, 11) is 0. The van der Waals surface area contributed by atoms with E-state index in [4.69, 9.17) is 20.6 Å². The monoisotopic (exact) mass is 481 g/mol. The standard InChI is InChI=1S/C20H20BrNO6S/c1-5-8-28-17-14(21)9-13(10-15(17)26-6-2)11-16-18(23)22(20(25)29-16)12(4)19(24)27-7-3/h1,9-12H,6-8H2,2-4H3/b16-11+/t12-/m0/s1. The van der Waals surface area contributed by atoms with Crippen LogP contribution in [0.3, 0.4) is 0 Å². The Balaban J connectivity index is 2.34. The summed E-state index contributed by atoms with van der Waals surface area (Å²) in [5.41, 5.74) is 0.614. The first-order valence-corrected chi connectivity index (χ1v) is 10.4. The van der Waals surface area contributed by atoms with Gasteiger partial charge in [-0.25, -0.2) is 4.79 Å². The van der Waals surface area contributed by atoms with Gasteiger partial charge < -0.3 is 14.2 Å². The first kappa shape index (κ1) is 22.8. The summed E-state index contributed by atoms with van der Waals surface area (Å²) in [5, 5.41) is -0.528. The highest BCUT2D eigenvalue weighted by Gasteiger charge is 2.41. The number of halogens is 1. The van der Waals surface area contributed by atoms with Gasteiger partial charge in [0.15, 0.2) is 11.5 Å². The van der Waals surface area contributed by atoms with Crippen molar-refractivity contribution in [3.8, 4) is 23.8 Å². The second-order valence-electron chi connectivity index (χ2n) is 5.74. The molecule has 2 rings (SSSR count). The van der Waals surface area contributed by atoms with E-state index < -0.39 is 23.2 Å². The van der Waals surface area contributed by atoms with Gasteiger partial charge in [0, 0.05) is 0 Å². The molecule has 0 spiro atoms. The Morgan fingerprint density at radius 1 is 1.31 bits per heavy atom. The van der Waals surface area contributed by atoms with Crippen LogP contribution >= 0.6 is 27.7 Å². The summed E-state index contributed by atoms with van der Waals surface area (Å²) in [6, 6.07) is 2.40. The lowest BCUT2D eigenvalue weighted by Gasteiger charge is -2.19. The molecule has 1 saturated heterocycles. The SMILES string of the molecule is C#CCOc1c(Br)cc(/C=C2/SC(=O)N([C@@H](C)C(=O)OCC)C2=O)cc1OCC. The van der Waals surface area contributed by atoms with Gasteiger partial charge in [0.05, 0.1) is 22.6 Å². The normalized spacial score (nSPS) is 16.0. The van der Waals surface area contributed by atoms with Crippen molar-refractivity contribution in [2.75, 3.05) is 19.8 Å². The highest BCUT2D eigenvalue weighted by molar-refractivity contribution is 9.10. The van der Waals surface area contributed by atoms with E-state index >= 15 is 0 Å². The minimum Gasteiger partial charge on any atom is -0.490 e. The van der Waals surface area contributed by atoms with Gasteiger partial charge in [-0.1, -0.05) is 5.92 Å². The van der Waals surface area contributed by atoms with Crippen LogP contribution in [0.1, 0.15) is 26.3 Å². The van der Waals surface area contributed by atoms with E-state index in [1.54, 1.807) is 25.1 Å². The average Bonchev–Trinajstić information content (AvgIpc) is 2.94. The molecule has 1 heterocycles. The number of thioether (sulfide) groups is 1. The quantitative estimate of drug-likeness (QED) is 0.316. The van der Waals surface area contributed by atoms with E-state index in [1.165, 1.54) is 6.92 Å². The zero-order valence-electron chi connectivity index (χ0n) is 16.2. The van der Waals surface area contributed by atoms with Crippen molar-refractivity contribution in [2.45, 2.75) is 26.8 Å². The number of nitrogens with zero attached hydrogens (tertiary/aromatic N) is 1. The fourth-order valence-electron chi connectivity index (χ4n) is 2.52. The number of carbonyl (C=O) groups excluding carboxylic acids is 3. The molecule has 1 aliphatic heterocycles. The minimum atomic E-state index is -1.00. The number of ether oxygens (including phenoxy) is 3. The number of terminal acetylenes is 1. The largest absolute Gasteiger partial charge is 0.490 e. The van der Waals surface area contributed by atoms with Crippen LogP contribution in [0.2, 0.25) is 0 Å². The van der Waals surface area contributed by atoms with E-state index in [1.807, 2.05) is 6.92 Å². The molecular formula is C20H20BrNO6S. The number of hydrogen-bond donors (Lipinski definition) is 0. The molecule has 0 saturated carbocycles. The number of rotatable bonds is 8. The van der Waals surface area contributed by atoms with E-state index in [0.29, 0.717) is 28.1 Å². The number of benzene rings is 1. The molecule has 0 aliphatic carbocycles. The molecular weight excluding hydrogens is 462 g/mol. The molecule has 1 aromatic carbocycles.